The molecule has 0 spiro atoms. The normalized spacial score (nSPS) is 12.0. The Morgan fingerprint density at radius 3 is 0.756 bits per heavy atom. The molecule has 0 rings (SSSR count). The Morgan fingerprint density at radius 2 is 0.561 bits per heavy atom. The molecule has 0 aromatic carbocycles. The van der Waals surface area contributed by atoms with Gasteiger partial charge in [-0.3, -0.25) is 8.42 Å². The second-order valence-electron chi connectivity index (χ2n) is 13.5. The molecule has 0 N–H and O–H groups in total. The SMILES string of the molecule is CCCCCCCCCCCC[N+](C)(C)CCC.CCCCCCCCCCCC[N+](C)(C)CCC.O=S(=O)([O-])[O-]. The van der Waals surface area contributed by atoms with Crippen molar-refractivity contribution in [3.05, 3.63) is 0 Å². The maximum absolute atomic E-state index is 8.52. The van der Waals surface area contributed by atoms with Gasteiger partial charge in [0.05, 0.1) is 54.4 Å². The minimum absolute atomic E-state index is 1.22. The molecule has 0 saturated carbocycles. The maximum Gasteiger partial charge on any atom is 0.0782 e. The Bertz CT molecular complexity index is 564. The van der Waals surface area contributed by atoms with Crippen LogP contribution in [0.3, 0.4) is 0 Å². The van der Waals surface area contributed by atoms with Crippen LogP contribution >= 0.6 is 0 Å². The Morgan fingerprint density at radius 1 is 0.366 bits per heavy atom. The van der Waals surface area contributed by atoms with Crippen LogP contribution in [0.25, 0.3) is 0 Å². The highest BCUT2D eigenvalue weighted by Gasteiger charge is 2.12. The molecule has 0 atom stereocenters. The van der Waals surface area contributed by atoms with E-state index in [0.29, 0.717) is 0 Å². The Kier molecular flexibility index (Phi) is 34.4. The lowest BCUT2D eigenvalue weighted by Gasteiger charge is -2.29. The van der Waals surface area contributed by atoms with Crippen molar-refractivity contribution in [2.45, 2.75) is 169 Å². The summed E-state index contributed by atoms with van der Waals surface area (Å²) in [7, 11) is 4.32. The topological polar surface area (TPSA) is 80.3 Å². The highest BCUT2D eigenvalue weighted by molar-refractivity contribution is 7.79. The van der Waals surface area contributed by atoms with E-state index in [2.05, 4.69) is 55.9 Å². The van der Waals surface area contributed by atoms with Gasteiger partial charge in [-0.2, -0.15) is 0 Å². The van der Waals surface area contributed by atoms with Crippen molar-refractivity contribution >= 4 is 10.4 Å². The molecule has 6 nitrogen and oxygen atoms in total. The van der Waals surface area contributed by atoms with Gasteiger partial charge in [-0.15, -0.1) is 0 Å². The zero-order valence-corrected chi connectivity index (χ0v) is 30.1. The third kappa shape index (κ3) is 49.8. The first-order valence-corrected chi connectivity index (χ1v) is 18.9. The fourth-order valence-corrected chi connectivity index (χ4v) is 5.49. The van der Waals surface area contributed by atoms with Gasteiger partial charge in [-0.25, -0.2) is 0 Å². The lowest BCUT2D eigenvalue weighted by atomic mass is 10.1. The summed E-state index contributed by atoms with van der Waals surface area (Å²) in [6.45, 7) is 14.6. The summed E-state index contributed by atoms with van der Waals surface area (Å²) < 4.78 is 36.5. The van der Waals surface area contributed by atoms with E-state index in [0.717, 1.165) is 0 Å². The molecule has 0 bridgehead atoms. The molecule has 0 radical (unpaired) electrons. The van der Waals surface area contributed by atoms with Crippen molar-refractivity contribution in [3.8, 4) is 0 Å². The monoisotopic (exact) mass is 609 g/mol. The Balaban J connectivity index is -0.000000604. The first-order valence-electron chi connectivity index (χ1n) is 17.5. The van der Waals surface area contributed by atoms with E-state index < -0.39 is 10.4 Å². The van der Waals surface area contributed by atoms with Crippen LogP contribution in [0, 0.1) is 0 Å². The second kappa shape index (κ2) is 31.2. The molecule has 0 aliphatic carbocycles. The lowest BCUT2D eigenvalue weighted by Crippen LogP contribution is -2.40. The standard InChI is InChI=1S/2C17H38N.H2O4S/c2*1-5-7-8-9-10-11-12-13-14-15-17-18(3,4)16-6-2;1-5(2,3)4/h2*5-17H2,1-4H3;(H2,1,2,3,4)/q2*+1;/p-2. The highest BCUT2D eigenvalue weighted by atomic mass is 32.3. The number of unbranched alkanes of at least 4 members (excludes halogenated alkanes) is 18. The summed E-state index contributed by atoms with van der Waals surface area (Å²) in [5.41, 5.74) is 0. The smallest absolute Gasteiger partial charge is 0.0782 e. The van der Waals surface area contributed by atoms with Crippen LogP contribution in [0.5, 0.6) is 0 Å². The highest BCUT2D eigenvalue weighted by Crippen LogP contribution is 2.13. The third-order valence-electron chi connectivity index (χ3n) is 7.89. The Hall–Kier alpha value is -0.210. The van der Waals surface area contributed by atoms with Crippen molar-refractivity contribution in [3.63, 3.8) is 0 Å². The summed E-state index contributed by atoms with van der Waals surface area (Å²) in [5.74, 6) is 0. The van der Waals surface area contributed by atoms with Crippen molar-refractivity contribution in [1.29, 1.82) is 0 Å². The molecule has 7 heteroatoms. The van der Waals surface area contributed by atoms with Crippen LogP contribution in [-0.4, -0.2) is 80.9 Å². The van der Waals surface area contributed by atoms with Crippen molar-refractivity contribution in [2.24, 2.45) is 0 Å². The summed E-state index contributed by atoms with van der Waals surface area (Å²) in [6.07, 6.45) is 31.5. The molecule has 0 aliphatic heterocycles. The van der Waals surface area contributed by atoms with Gasteiger partial charge in [0.15, 0.2) is 0 Å². The molecule has 0 aromatic rings. The quantitative estimate of drug-likeness (QED) is 0.0424. The fourth-order valence-electron chi connectivity index (χ4n) is 5.49. The fraction of sp³-hybridized carbons (Fsp3) is 1.00. The van der Waals surface area contributed by atoms with E-state index in [1.54, 1.807) is 0 Å². The number of nitrogens with zero attached hydrogens (tertiary/aromatic N) is 2. The van der Waals surface area contributed by atoms with Crippen LogP contribution in [0.4, 0.5) is 0 Å². The first-order chi connectivity index (χ1) is 19.2. The van der Waals surface area contributed by atoms with E-state index in [4.69, 9.17) is 17.5 Å². The summed E-state index contributed by atoms with van der Waals surface area (Å²) in [4.78, 5) is 0. The summed E-state index contributed by atoms with van der Waals surface area (Å²) in [6, 6.07) is 0. The van der Waals surface area contributed by atoms with Crippen molar-refractivity contribution < 1.29 is 26.5 Å². The molecule has 0 amide bonds. The average Bonchev–Trinajstić information content (AvgIpc) is 2.85. The van der Waals surface area contributed by atoms with E-state index in [9.17, 15) is 0 Å². The first kappa shape index (κ1) is 45.2. The largest absolute Gasteiger partial charge is 0.759 e. The molecule has 0 aliphatic rings. The molecule has 0 fully saturated rings. The number of hydrogen-bond donors (Lipinski definition) is 0. The maximum atomic E-state index is 8.52. The molecule has 0 unspecified atom stereocenters. The molecule has 0 heterocycles. The van der Waals surface area contributed by atoms with E-state index in [1.807, 2.05) is 0 Å². The number of rotatable bonds is 26. The van der Waals surface area contributed by atoms with Crippen LogP contribution in [0.1, 0.15) is 169 Å². The van der Waals surface area contributed by atoms with Gasteiger partial charge < -0.3 is 18.1 Å². The zero-order valence-electron chi connectivity index (χ0n) is 29.3. The predicted molar refractivity (Wildman–Crippen MR) is 178 cm³/mol. The molecular formula is C34H76N2O4S. The van der Waals surface area contributed by atoms with Gasteiger partial charge in [0, 0.05) is 10.4 Å². The predicted octanol–water partition coefficient (Wildman–Crippen LogP) is 9.45. The molecular weight excluding hydrogens is 532 g/mol. The van der Waals surface area contributed by atoms with E-state index >= 15 is 0 Å². The molecule has 41 heavy (non-hydrogen) atoms. The van der Waals surface area contributed by atoms with Gasteiger partial charge in [0.25, 0.3) is 0 Å². The van der Waals surface area contributed by atoms with Crippen LogP contribution in [0.2, 0.25) is 0 Å². The van der Waals surface area contributed by atoms with Crippen molar-refractivity contribution in [1.82, 2.24) is 0 Å². The summed E-state index contributed by atoms with van der Waals surface area (Å²) >= 11 is 0. The zero-order chi connectivity index (χ0) is 31.9. The van der Waals surface area contributed by atoms with Gasteiger partial charge >= 0.3 is 0 Å². The van der Waals surface area contributed by atoms with Gasteiger partial charge in [-0.1, -0.05) is 130 Å². The molecule has 0 aromatic heterocycles. The minimum atomic E-state index is -5.17. The van der Waals surface area contributed by atoms with Gasteiger partial charge in [-0.05, 0) is 38.5 Å². The second-order valence-corrected chi connectivity index (χ2v) is 14.4. The average molecular weight is 609 g/mol. The lowest BCUT2D eigenvalue weighted by molar-refractivity contribution is -0.890. The minimum Gasteiger partial charge on any atom is -0.759 e. The number of quaternary nitrogens is 2. The van der Waals surface area contributed by atoms with Crippen LogP contribution < -0.4 is 0 Å². The number of hydrogen-bond acceptors (Lipinski definition) is 4. The van der Waals surface area contributed by atoms with Crippen LogP contribution in [0.15, 0.2) is 0 Å². The van der Waals surface area contributed by atoms with Crippen LogP contribution in [-0.2, 0) is 10.4 Å². The van der Waals surface area contributed by atoms with E-state index in [1.165, 1.54) is 176 Å². The Labute approximate surface area is 259 Å². The molecule has 0 saturated heterocycles. The third-order valence-corrected chi connectivity index (χ3v) is 7.89. The van der Waals surface area contributed by atoms with Gasteiger partial charge in [0.1, 0.15) is 0 Å². The van der Waals surface area contributed by atoms with Gasteiger partial charge in [0.2, 0.25) is 0 Å². The van der Waals surface area contributed by atoms with E-state index in [-0.39, 0.29) is 0 Å². The van der Waals surface area contributed by atoms with Crippen molar-refractivity contribution in [2.75, 3.05) is 54.4 Å². The molecule has 252 valence electrons. The summed E-state index contributed by atoms with van der Waals surface area (Å²) in [5, 5.41) is 0.